The summed E-state index contributed by atoms with van der Waals surface area (Å²) in [6, 6.07) is 6.54. The summed E-state index contributed by atoms with van der Waals surface area (Å²) in [7, 11) is 2.10. The molecule has 1 N–H and O–H groups in total. The van der Waals surface area contributed by atoms with E-state index in [1.54, 1.807) is 24.3 Å². The van der Waals surface area contributed by atoms with Crippen molar-refractivity contribution < 1.29 is 9.59 Å². The molecule has 6 heteroatoms. The SMILES string of the molecule is CN1CCN(C(=O)[C@@H](NC(=O)c2ccc(Cl)cc2)C23CC4CC(CC(C4)C2)C3)CC1. The summed E-state index contributed by atoms with van der Waals surface area (Å²) in [6.45, 7) is 3.28. The highest BCUT2D eigenvalue weighted by Crippen LogP contribution is 2.61. The Morgan fingerprint density at radius 1 is 0.967 bits per heavy atom. The zero-order valence-corrected chi connectivity index (χ0v) is 18.5. The van der Waals surface area contributed by atoms with Crippen LogP contribution in [0.1, 0.15) is 48.9 Å². The molecule has 1 heterocycles. The minimum absolute atomic E-state index is 0.0722. The van der Waals surface area contributed by atoms with Gasteiger partial charge in [0.1, 0.15) is 6.04 Å². The number of rotatable bonds is 4. The van der Waals surface area contributed by atoms with Crippen molar-refractivity contribution in [1.82, 2.24) is 15.1 Å². The Bertz CT molecular complexity index is 781. The number of hydrogen-bond acceptors (Lipinski definition) is 3. The van der Waals surface area contributed by atoms with Crippen molar-refractivity contribution in [3.63, 3.8) is 0 Å². The van der Waals surface area contributed by atoms with Gasteiger partial charge < -0.3 is 15.1 Å². The van der Waals surface area contributed by atoms with E-state index in [-0.39, 0.29) is 17.2 Å². The van der Waals surface area contributed by atoms with Crippen LogP contribution in [0.3, 0.4) is 0 Å². The fourth-order valence-corrected chi connectivity index (χ4v) is 7.16. The molecule has 0 spiro atoms. The average Bonchev–Trinajstić information content (AvgIpc) is 2.71. The molecule has 1 atom stereocenters. The molecular formula is C24H32ClN3O2. The van der Waals surface area contributed by atoms with Gasteiger partial charge in [0.25, 0.3) is 5.91 Å². The monoisotopic (exact) mass is 429 g/mol. The largest absolute Gasteiger partial charge is 0.340 e. The number of piperazine rings is 1. The maximum atomic E-state index is 13.8. The van der Waals surface area contributed by atoms with Gasteiger partial charge in [-0.1, -0.05) is 11.6 Å². The summed E-state index contributed by atoms with van der Waals surface area (Å²) in [6.07, 6.45) is 7.22. The lowest BCUT2D eigenvalue weighted by molar-refractivity contribution is -0.146. The highest BCUT2D eigenvalue weighted by Gasteiger charge is 2.57. The topological polar surface area (TPSA) is 52.6 Å². The number of likely N-dealkylation sites (N-methyl/N-ethyl adjacent to an activating group) is 1. The van der Waals surface area contributed by atoms with E-state index in [1.165, 1.54) is 19.3 Å². The highest BCUT2D eigenvalue weighted by atomic mass is 35.5. The smallest absolute Gasteiger partial charge is 0.251 e. The standard InChI is InChI=1S/C24H32ClN3O2/c1-27-6-8-28(9-7-27)23(30)21(26-22(29)19-2-4-20(25)5-3-19)24-13-16-10-17(14-24)12-18(11-16)15-24/h2-5,16-18,21H,6-15H2,1H3,(H,26,29)/t16?,17?,18?,21-,24?/m1/s1. The van der Waals surface area contributed by atoms with E-state index < -0.39 is 6.04 Å². The Hall–Kier alpha value is -1.59. The van der Waals surface area contributed by atoms with Gasteiger partial charge in [0.15, 0.2) is 0 Å². The van der Waals surface area contributed by atoms with Crippen molar-refractivity contribution in [2.75, 3.05) is 33.2 Å². The molecule has 4 bridgehead atoms. The van der Waals surface area contributed by atoms with Gasteiger partial charge in [0, 0.05) is 42.2 Å². The minimum Gasteiger partial charge on any atom is -0.340 e. The van der Waals surface area contributed by atoms with E-state index >= 15 is 0 Å². The van der Waals surface area contributed by atoms with Crippen LogP contribution in [-0.4, -0.2) is 60.9 Å². The molecule has 2 amide bonds. The summed E-state index contributed by atoms with van der Waals surface area (Å²) in [5.74, 6) is 2.16. The predicted octanol–water partition coefficient (Wildman–Crippen LogP) is 3.43. The molecule has 5 aliphatic rings. The van der Waals surface area contributed by atoms with Crippen molar-refractivity contribution in [2.24, 2.45) is 23.2 Å². The molecule has 5 nitrogen and oxygen atoms in total. The number of hydrogen-bond donors (Lipinski definition) is 1. The van der Waals surface area contributed by atoms with Gasteiger partial charge >= 0.3 is 0 Å². The Morgan fingerprint density at radius 2 is 1.50 bits per heavy atom. The first-order chi connectivity index (χ1) is 14.4. The maximum absolute atomic E-state index is 13.8. The highest BCUT2D eigenvalue weighted by molar-refractivity contribution is 6.30. The van der Waals surface area contributed by atoms with E-state index in [0.717, 1.165) is 63.2 Å². The molecule has 6 rings (SSSR count). The molecule has 1 saturated heterocycles. The van der Waals surface area contributed by atoms with Gasteiger partial charge in [-0.3, -0.25) is 9.59 Å². The van der Waals surface area contributed by atoms with Crippen LogP contribution in [0.15, 0.2) is 24.3 Å². The van der Waals surface area contributed by atoms with Crippen molar-refractivity contribution in [3.05, 3.63) is 34.9 Å². The third kappa shape index (κ3) is 3.75. The second kappa shape index (κ2) is 7.83. The first kappa shape index (κ1) is 20.3. The van der Waals surface area contributed by atoms with Crippen molar-refractivity contribution in [3.8, 4) is 0 Å². The fourth-order valence-electron chi connectivity index (χ4n) is 7.03. The first-order valence-corrected chi connectivity index (χ1v) is 11.8. The Balaban J connectivity index is 1.42. The molecule has 4 aliphatic carbocycles. The molecule has 1 aromatic rings. The van der Waals surface area contributed by atoms with Crippen LogP contribution < -0.4 is 5.32 Å². The summed E-state index contributed by atoms with van der Waals surface area (Å²) < 4.78 is 0. The third-order valence-corrected chi connectivity index (χ3v) is 8.39. The lowest BCUT2D eigenvalue weighted by atomic mass is 9.47. The van der Waals surface area contributed by atoms with Crippen molar-refractivity contribution in [2.45, 2.75) is 44.6 Å². The molecule has 30 heavy (non-hydrogen) atoms. The van der Waals surface area contributed by atoms with Crippen LogP contribution in [0.4, 0.5) is 0 Å². The number of carbonyl (C=O) groups excluding carboxylic acids is 2. The van der Waals surface area contributed by atoms with Crippen LogP contribution in [0, 0.1) is 23.2 Å². The quantitative estimate of drug-likeness (QED) is 0.797. The lowest BCUT2D eigenvalue weighted by Crippen LogP contribution is -2.64. The lowest BCUT2D eigenvalue weighted by Gasteiger charge is -2.59. The Kier molecular flexibility index (Phi) is 5.30. The molecule has 1 aliphatic heterocycles. The Morgan fingerprint density at radius 3 is 2.03 bits per heavy atom. The maximum Gasteiger partial charge on any atom is 0.251 e. The van der Waals surface area contributed by atoms with Gasteiger partial charge in [-0.25, -0.2) is 0 Å². The Labute approximate surface area is 184 Å². The summed E-state index contributed by atoms with van der Waals surface area (Å²) >= 11 is 6.00. The molecule has 162 valence electrons. The number of halogens is 1. The van der Waals surface area contributed by atoms with Crippen LogP contribution in [0.2, 0.25) is 5.02 Å². The molecule has 1 aromatic carbocycles. The normalized spacial score (nSPS) is 34.1. The van der Waals surface area contributed by atoms with E-state index in [4.69, 9.17) is 11.6 Å². The van der Waals surface area contributed by atoms with Crippen LogP contribution in [0.25, 0.3) is 0 Å². The molecule has 0 unspecified atom stereocenters. The zero-order valence-electron chi connectivity index (χ0n) is 17.8. The number of amides is 2. The molecule has 0 aromatic heterocycles. The minimum atomic E-state index is -0.419. The number of carbonyl (C=O) groups is 2. The van der Waals surface area contributed by atoms with Gasteiger partial charge in [-0.05, 0) is 87.6 Å². The second-order valence-electron chi connectivity index (χ2n) is 10.3. The average molecular weight is 430 g/mol. The van der Waals surface area contributed by atoms with Crippen molar-refractivity contribution >= 4 is 23.4 Å². The second-order valence-corrected chi connectivity index (χ2v) is 10.8. The van der Waals surface area contributed by atoms with E-state index in [0.29, 0.717) is 10.6 Å². The summed E-state index contributed by atoms with van der Waals surface area (Å²) in [4.78, 5) is 31.2. The molecular weight excluding hydrogens is 398 g/mol. The first-order valence-electron chi connectivity index (χ1n) is 11.5. The number of nitrogens with one attached hydrogen (secondary N) is 1. The van der Waals surface area contributed by atoms with Gasteiger partial charge in [0.2, 0.25) is 5.91 Å². The van der Waals surface area contributed by atoms with Gasteiger partial charge in [-0.2, -0.15) is 0 Å². The van der Waals surface area contributed by atoms with Gasteiger partial charge in [0.05, 0.1) is 0 Å². The fraction of sp³-hybridized carbons (Fsp3) is 0.667. The van der Waals surface area contributed by atoms with Crippen LogP contribution in [-0.2, 0) is 4.79 Å². The van der Waals surface area contributed by atoms with E-state index in [9.17, 15) is 9.59 Å². The zero-order chi connectivity index (χ0) is 20.9. The van der Waals surface area contributed by atoms with E-state index in [1.807, 2.05) is 4.90 Å². The van der Waals surface area contributed by atoms with E-state index in [2.05, 4.69) is 17.3 Å². The molecule has 4 saturated carbocycles. The molecule has 0 radical (unpaired) electrons. The number of benzene rings is 1. The van der Waals surface area contributed by atoms with Crippen molar-refractivity contribution in [1.29, 1.82) is 0 Å². The number of nitrogens with zero attached hydrogens (tertiary/aromatic N) is 2. The van der Waals surface area contributed by atoms with Gasteiger partial charge in [-0.15, -0.1) is 0 Å². The van der Waals surface area contributed by atoms with Crippen LogP contribution in [0.5, 0.6) is 0 Å². The predicted molar refractivity (Wildman–Crippen MR) is 117 cm³/mol. The summed E-state index contributed by atoms with van der Waals surface area (Å²) in [5, 5.41) is 3.84. The third-order valence-electron chi connectivity index (χ3n) is 8.14. The van der Waals surface area contributed by atoms with Crippen LogP contribution >= 0.6 is 11.6 Å². The summed E-state index contributed by atoms with van der Waals surface area (Å²) in [5.41, 5.74) is 0.498. The molecule has 5 fully saturated rings.